The lowest BCUT2D eigenvalue weighted by Crippen LogP contribution is -2.41. The minimum Gasteiger partial charge on any atom is -0.462 e. The van der Waals surface area contributed by atoms with Crippen molar-refractivity contribution >= 4 is 0 Å². The quantitative estimate of drug-likeness (QED) is 0.659. The number of furan rings is 1. The van der Waals surface area contributed by atoms with Crippen molar-refractivity contribution in [3.63, 3.8) is 0 Å². The Morgan fingerprint density at radius 2 is 2.00 bits per heavy atom. The van der Waals surface area contributed by atoms with E-state index in [0.29, 0.717) is 12.3 Å². The van der Waals surface area contributed by atoms with Crippen LogP contribution in [0.3, 0.4) is 0 Å². The molecule has 0 aromatic carbocycles. The fourth-order valence-corrected chi connectivity index (χ4v) is 1.54. The summed E-state index contributed by atoms with van der Waals surface area (Å²) in [4.78, 5) is 0. The van der Waals surface area contributed by atoms with Crippen LogP contribution in [0.4, 0.5) is 0 Å². The van der Waals surface area contributed by atoms with Crippen LogP contribution in [0.5, 0.6) is 0 Å². The van der Waals surface area contributed by atoms with E-state index < -0.39 is 0 Å². The maximum atomic E-state index is 8.98. The summed E-state index contributed by atoms with van der Waals surface area (Å²) >= 11 is 0. The summed E-state index contributed by atoms with van der Waals surface area (Å²) in [7, 11) is 0. The molecule has 0 aliphatic heterocycles. The molecule has 1 heterocycles. The molecule has 0 aliphatic carbocycles. The highest BCUT2D eigenvalue weighted by Crippen LogP contribution is 2.15. The Bertz CT molecular complexity index is 311. The summed E-state index contributed by atoms with van der Waals surface area (Å²) in [6.45, 7) is 4.90. The van der Waals surface area contributed by atoms with Crippen LogP contribution in [0.25, 0.3) is 0 Å². The van der Waals surface area contributed by atoms with E-state index in [1.54, 1.807) is 6.07 Å². The molecule has 0 saturated heterocycles. The Morgan fingerprint density at radius 3 is 2.50 bits per heavy atom. The molecule has 1 aromatic rings. The van der Waals surface area contributed by atoms with Crippen LogP contribution in [0.2, 0.25) is 0 Å². The van der Waals surface area contributed by atoms with E-state index in [1.165, 1.54) is 0 Å². The van der Waals surface area contributed by atoms with Crippen LogP contribution >= 0.6 is 0 Å². The van der Waals surface area contributed by atoms with Crippen LogP contribution in [0, 0.1) is 0 Å². The van der Waals surface area contributed by atoms with Gasteiger partial charge in [-0.05, 0) is 31.9 Å². The number of nitrogens with one attached hydrogen (secondary N) is 1. The third-order valence-corrected chi connectivity index (χ3v) is 3.01. The van der Waals surface area contributed by atoms with Gasteiger partial charge in [0.1, 0.15) is 18.1 Å². The van der Waals surface area contributed by atoms with Gasteiger partial charge in [-0.15, -0.1) is 0 Å². The summed E-state index contributed by atoms with van der Waals surface area (Å²) < 4.78 is 5.38. The largest absolute Gasteiger partial charge is 0.462 e. The molecule has 0 radical (unpaired) electrons. The highest BCUT2D eigenvalue weighted by Gasteiger charge is 2.20. The van der Waals surface area contributed by atoms with Gasteiger partial charge in [0.25, 0.3) is 0 Å². The molecule has 1 atom stereocenters. The first-order valence-electron chi connectivity index (χ1n) is 5.68. The first-order chi connectivity index (χ1) is 7.63. The van der Waals surface area contributed by atoms with Crippen molar-refractivity contribution < 1.29 is 14.6 Å². The van der Waals surface area contributed by atoms with E-state index in [9.17, 15) is 0 Å². The van der Waals surface area contributed by atoms with Crippen molar-refractivity contribution in [1.82, 2.24) is 5.32 Å². The molecule has 0 fully saturated rings. The topological polar surface area (TPSA) is 65.6 Å². The SMILES string of the molecule is CC[C@](C)(CCO)NCc1ccc(CO)o1. The molecule has 0 spiro atoms. The summed E-state index contributed by atoms with van der Waals surface area (Å²) in [5, 5.41) is 21.2. The summed E-state index contributed by atoms with van der Waals surface area (Å²) in [6, 6.07) is 3.62. The first-order valence-corrected chi connectivity index (χ1v) is 5.68. The first kappa shape index (κ1) is 13.2. The Morgan fingerprint density at radius 1 is 1.31 bits per heavy atom. The molecular formula is C12H21NO3. The third kappa shape index (κ3) is 3.63. The second-order valence-corrected chi connectivity index (χ2v) is 4.27. The van der Waals surface area contributed by atoms with Crippen molar-refractivity contribution in [2.75, 3.05) is 6.61 Å². The molecule has 1 aromatic heterocycles. The number of hydrogen-bond donors (Lipinski definition) is 3. The molecular weight excluding hydrogens is 206 g/mol. The van der Waals surface area contributed by atoms with E-state index in [4.69, 9.17) is 14.6 Å². The van der Waals surface area contributed by atoms with Crippen LogP contribution < -0.4 is 5.32 Å². The molecule has 1 rings (SSSR count). The highest BCUT2D eigenvalue weighted by molar-refractivity contribution is 5.06. The average molecular weight is 227 g/mol. The van der Waals surface area contributed by atoms with Gasteiger partial charge in [-0.1, -0.05) is 6.92 Å². The van der Waals surface area contributed by atoms with Gasteiger partial charge in [0.2, 0.25) is 0 Å². The van der Waals surface area contributed by atoms with Gasteiger partial charge in [0.15, 0.2) is 0 Å². The van der Waals surface area contributed by atoms with Crippen LogP contribution in [0.15, 0.2) is 16.5 Å². The number of rotatable bonds is 7. The van der Waals surface area contributed by atoms with E-state index in [2.05, 4.69) is 19.2 Å². The van der Waals surface area contributed by atoms with Gasteiger partial charge >= 0.3 is 0 Å². The summed E-state index contributed by atoms with van der Waals surface area (Å²) in [6.07, 6.45) is 1.66. The van der Waals surface area contributed by atoms with E-state index in [-0.39, 0.29) is 18.8 Å². The Kier molecular flexibility index (Phi) is 4.99. The number of hydrogen-bond acceptors (Lipinski definition) is 4. The average Bonchev–Trinajstić information content (AvgIpc) is 2.75. The normalized spacial score (nSPS) is 15.0. The van der Waals surface area contributed by atoms with Gasteiger partial charge in [-0.3, -0.25) is 0 Å². The third-order valence-electron chi connectivity index (χ3n) is 3.01. The minimum atomic E-state index is -0.0685. The summed E-state index contributed by atoms with van der Waals surface area (Å²) in [5.41, 5.74) is -0.0685. The van der Waals surface area contributed by atoms with Crippen molar-refractivity contribution in [3.8, 4) is 0 Å². The van der Waals surface area contributed by atoms with Gasteiger partial charge < -0.3 is 19.9 Å². The molecule has 0 amide bonds. The van der Waals surface area contributed by atoms with Gasteiger partial charge in [0, 0.05) is 12.1 Å². The predicted octanol–water partition coefficient (Wildman–Crippen LogP) is 1.41. The Labute approximate surface area is 96.3 Å². The second-order valence-electron chi connectivity index (χ2n) is 4.27. The van der Waals surface area contributed by atoms with Gasteiger partial charge in [0.05, 0.1) is 6.54 Å². The summed E-state index contributed by atoms with van der Waals surface area (Å²) in [5.74, 6) is 1.39. The van der Waals surface area contributed by atoms with Crippen LogP contribution in [0.1, 0.15) is 38.2 Å². The lowest BCUT2D eigenvalue weighted by molar-refractivity contribution is 0.208. The van der Waals surface area contributed by atoms with Crippen LogP contribution in [-0.2, 0) is 13.2 Å². The molecule has 0 bridgehead atoms. The monoisotopic (exact) mass is 227 g/mol. The molecule has 0 aliphatic rings. The minimum absolute atomic E-state index is 0.0678. The fourth-order valence-electron chi connectivity index (χ4n) is 1.54. The zero-order valence-electron chi connectivity index (χ0n) is 9.99. The molecule has 4 heteroatoms. The van der Waals surface area contributed by atoms with Gasteiger partial charge in [-0.2, -0.15) is 0 Å². The molecule has 92 valence electrons. The van der Waals surface area contributed by atoms with E-state index in [1.807, 2.05) is 6.07 Å². The maximum Gasteiger partial charge on any atom is 0.129 e. The smallest absolute Gasteiger partial charge is 0.129 e. The Balaban J connectivity index is 2.48. The lowest BCUT2D eigenvalue weighted by Gasteiger charge is -2.28. The lowest BCUT2D eigenvalue weighted by atomic mass is 9.95. The number of aliphatic hydroxyl groups excluding tert-OH is 2. The highest BCUT2D eigenvalue weighted by atomic mass is 16.4. The molecule has 16 heavy (non-hydrogen) atoms. The fraction of sp³-hybridized carbons (Fsp3) is 0.667. The van der Waals surface area contributed by atoms with Gasteiger partial charge in [-0.25, -0.2) is 0 Å². The predicted molar refractivity (Wildman–Crippen MR) is 61.9 cm³/mol. The van der Waals surface area contributed by atoms with Crippen molar-refractivity contribution in [2.45, 2.75) is 45.4 Å². The maximum absolute atomic E-state index is 8.98. The standard InChI is InChI=1S/C12H21NO3/c1-3-12(2,6-7-14)13-8-10-4-5-11(9-15)16-10/h4-5,13-15H,3,6-9H2,1-2H3/t12-/m1/s1. The number of aliphatic hydroxyl groups is 2. The van der Waals surface area contributed by atoms with E-state index in [0.717, 1.165) is 18.6 Å². The molecule has 4 nitrogen and oxygen atoms in total. The second kappa shape index (κ2) is 6.03. The van der Waals surface area contributed by atoms with Crippen molar-refractivity contribution in [3.05, 3.63) is 23.7 Å². The van der Waals surface area contributed by atoms with Crippen LogP contribution in [-0.4, -0.2) is 22.4 Å². The molecule has 0 saturated carbocycles. The zero-order chi connectivity index (χ0) is 12.0. The van der Waals surface area contributed by atoms with Crippen molar-refractivity contribution in [1.29, 1.82) is 0 Å². The van der Waals surface area contributed by atoms with Crippen molar-refractivity contribution in [2.24, 2.45) is 0 Å². The molecule has 3 N–H and O–H groups in total. The van der Waals surface area contributed by atoms with E-state index >= 15 is 0 Å². The Hall–Kier alpha value is -0.840. The molecule has 0 unspecified atom stereocenters. The zero-order valence-corrected chi connectivity index (χ0v) is 9.99.